The number of aliphatic hydroxyl groups excluding tert-OH is 1. The van der Waals surface area contributed by atoms with Crippen LogP contribution < -0.4 is 0 Å². The summed E-state index contributed by atoms with van der Waals surface area (Å²) in [5, 5.41) is 10.0. The summed E-state index contributed by atoms with van der Waals surface area (Å²) in [4.78, 5) is 0. The van der Waals surface area contributed by atoms with Crippen molar-refractivity contribution in [2.75, 3.05) is 13.2 Å². The number of ether oxygens (including phenoxy) is 3. The molecule has 0 aromatic heterocycles. The number of fused-ring (bicyclic) bond motifs is 1. The highest BCUT2D eigenvalue weighted by atomic mass is 16.7. The molecule has 108 valence electrons. The van der Waals surface area contributed by atoms with Gasteiger partial charge < -0.3 is 19.3 Å². The predicted octanol–water partition coefficient (Wildman–Crippen LogP) is 2.05. The maximum atomic E-state index is 10.0. The first-order valence-corrected chi connectivity index (χ1v) is 6.94. The summed E-state index contributed by atoms with van der Waals surface area (Å²) in [5.74, 6) is -0.0307. The summed E-state index contributed by atoms with van der Waals surface area (Å²) in [7, 11) is 0. The number of hydrogen-bond acceptors (Lipinski definition) is 4. The molecule has 4 heteroatoms. The predicted molar refractivity (Wildman–Crippen MR) is 74.1 cm³/mol. The number of benzene rings is 1. The van der Waals surface area contributed by atoms with Crippen LogP contribution in [0.5, 0.6) is 0 Å². The lowest BCUT2D eigenvalue weighted by molar-refractivity contribution is -0.328. The lowest BCUT2D eigenvalue weighted by Gasteiger charge is -2.50. The molecule has 0 unspecified atom stereocenters. The Morgan fingerprint density at radius 2 is 2.10 bits per heavy atom. The van der Waals surface area contributed by atoms with Gasteiger partial charge in [0.2, 0.25) is 0 Å². The van der Waals surface area contributed by atoms with Gasteiger partial charge in [0.05, 0.1) is 19.3 Å². The van der Waals surface area contributed by atoms with Gasteiger partial charge in [0, 0.05) is 11.5 Å². The Morgan fingerprint density at radius 1 is 1.35 bits per heavy atom. The monoisotopic (exact) mass is 276 g/mol. The zero-order valence-corrected chi connectivity index (χ0v) is 11.6. The zero-order valence-electron chi connectivity index (χ0n) is 11.6. The van der Waals surface area contributed by atoms with E-state index in [0.717, 1.165) is 5.56 Å². The molecular formula is C16H20O4. The molecule has 5 atom stereocenters. The van der Waals surface area contributed by atoms with Crippen molar-refractivity contribution in [1.82, 2.24) is 0 Å². The minimum Gasteiger partial charge on any atom is -0.390 e. The molecule has 1 aromatic carbocycles. The Kier molecular flexibility index (Phi) is 3.65. The first kappa shape index (κ1) is 13.8. The van der Waals surface area contributed by atoms with Gasteiger partial charge >= 0.3 is 0 Å². The van der Waals surface area contributed by atoms with Crippen molar-refractivity contribution in [1.29, 1.82) is 0 Å². The van der Waals surface area contributed by atoms with E-state index >= 15 is 0 Å². The second-order valence-corrected chi connectivity index (χ2v) is 5.51. The molecule has 1 aromatic rings. The Bertz CT molecular complexity index is 475. The van der Waals surface area contributed by atoms with Gasteiger partial charge in [0.25, 0.3) is 0 Å². The quantitative estimate of drug-likeness (QED) is 0.840. The van der Waals surface area contributed by atoms with E-state index in [1.54, 1.807) is 6.08 Å². The van der Waals surface area contributed by atoms with E-state index in [-0.39, 0.29) is 18.6 Å². The van der Waals surface area contributed by atoms with Crippen LogP contribution in [0.25, 0.3) is 0 Å². The van der Waals surface area contributed by atoms with Crippen molar-refractivity contribution >= 4 is 0 Å². The van der Waals surface area contributed by atoms with Crippen molar-refractivity contribution in [3.63, 3.8) is 0 Å². The van der Waals surface area contributed by atoms with Crippen LogP contribution in [0, 0.1) is 5.92 Å². The molecule has 0 spiro atoms. The molecule has 2 heterocycles. The van der Waals surface area contributed by atoms with Crippen LogP contribution in [0.2, 0.25) is 0 Å². The maximum Gasteiger partial charge on any atom is 0.184 e. The van der Waals surface area contributed by atoms with Crippen LogP contribution in [-0.2, 0) is 14.2 Å². The third kappa shape index (κ3) is 2.19. The summed E-state index contributed by atoms with van der Waals surface area (Å²) in [5.41, 5.74) is 0.307. The van der Waals surface area contributed by atoms with Crippen molar-refractivity contribution in [2.24, 2.45) is 5.92 Å². The van der Waals surface area contributed by atoms with E-state index < -0.39 is 18.0 Å². The van der Waals surface area contributed by atoms with Gasteiger partial charge in [0.1, 0.15) is 11.7 Å². The van der Waals surface area contributed by atoms with Gasteiger partial charge in [-0.25, -0.2) is 0 Å². The highest BCUT2D eigenvalue weighted by Gasteiger charge is 2.52. The fourth-order valence-electron chi connectivity index (χ4n) is 2.88. The molecule has 2 saturated heterocycles. The Labute approximate surface area is 119 Å². The summed E-state index contributed by atoms with van der Waals surface area (Å²) in [6.07, 6.45) is 0.525. The number of aliphatic hydroxyl groups is 1. The fourth-order valence-corrected chi connectivity index (χ4v) is 2.88. The summed E-state index contributed by atoms with van der Waals surface area (Å²) < 4.78 is 17.7. The average Bonchev–Trinajstić information content (AvgIpc) is 2.52. The van der Waals surface area contributed by atoms with E-state index in [1.807, 2.05) is 37.3 Å². The smallest absolute Gasteiger partial charge is 0.184 e. The van der Waals surface area contributed by atoms with Gasteiger partial charge in [0.15, 0.2) is 6.29 Å². The third-order valence-electron chi connectivity index (χ3n) is 4.24. The van der Waals surface area contributed by atoms with Crippen LogP contribution in [0.4, 0.5) is 0 Å². The van der Waals surface area contributed by atoms with E-state index in [4.69, 9.17) is 14.2 Å². The molecule has 3 rings (SSSR count). The molecule has 0 bridgehead atoms. The summed E-state index contributed by atoms with van der Waals surface area (Å²) in [6.45, 7) is 6.50. The highest BCUT2D eigenvalue weighted by molar-refractivity contribution is 5.18. The molecule has 4 nitrogen and oxygen atoms in total. The van der Waals surface area contributed by atoms with Crippen LogP contribution in [0.15, 0.2) is 43.0 Å². The molecule has 2 aliphatic heterocycles. The van der Waals surface area contributed by atoms with Crippen LogP contribution in [0.3, 0.4) is 0 Å². The van der Waals surface area contributed by atoms with Gasteiger partial charge in [-0.3, -0.25) is 0 Å². The third-order valence-corrected chi connectivity index (χ3v) is 4.24. The minimum absolute atomic E-state index is 0.0307. The molecular weight excluding hydrogens is 256 g/mol. The summed E-state index contributed by atoms with van der Waals surface area (Å²) in [6, 6.07) is 9.79. The molecule has 0 aliphatic carbocycles. The second kappa shape index (κ2) is 5.30. The van der Waals surface area contributed by atoms with Crippen LogP contribution in [0.1, 0.15) is 18.8 Å². The SMILES string of the molecule is C=C[C@@]12CO[C@@H](c3ccccc3)O[C@H]1[C@H](C)[C@@H](O)CO2. The zero-order chi connectivity index (χ0) is 14.2. The lowest BCUT2D eigenvalue weighted by atomic mass is 9.81. The molecule has 1 N–H and O–H groups in total. The van der Waals surface area contributed by atoms with Crippen molar-refractivity contribution in [3.8, 4) is 0 Å². The Balaban J connectivity index is 1.85. The largest absolute Gasteiger partial charge is 0.390 e. The van der Waals surface area contributed by atoms with Gasteiger partial charge in [-0.1, -0.05) is 43.3 Å². The molecule has 0 radical (unpaired) electrons. The van der Waals surface area contributed by atoms with Crippen molar-refractivity contribution in [3.05, 3.63) is 48.6 Å². The molecule has 2 aliphatic rings. The Morgan fingerprint density at radius 3 is 2.80 bits per heavy atom. The van der Waals surface area contributed by atoms with Gasteiger partial charge in [-0.15, -0.1) is 6.58 Å². The number of hydrogen-bond donors (Lipinski definition) is 1. The van der Waals surface area contributed by atoms with Crippen molar-refractivity contribution < 1.29 is 19.3 Å². The van der Waals surface area contributed by atoms with E-state index in [1.165, 1.54) is 0 Å². The van der Waals surface area contributed by atoms with Crippen molar-refractivity contribution in [2.45, 2.75) is 31.0 Å². The highest BCUT2D eigenvalue weighted by Crippen LogP contribution is 2.41. The van der Waals surface area contributed by atoms with Gasteiger partial charge in [-0.05, 0) is 0 Å². The normalized spacial score (nSPS) is 40.9. The van der Waals surface area contributed by atoms with E-state index in [0.29, 0.717) is 6.61 Å². The second-order valence-electron chi connectivity index (χ2n) is 5.51. The lowest BCUT2D eigenvalue weighted by Crippen LogP contribution is -2.62. The minimum atomic E-state index is -0.663. The molecule has 2 fully saturated rings. The van der Waals surface area contributed by atoms with E-state index in [9.17, 15) is 5.11 Å². The standard InChI is InChI=1S/C16H20O4/c1-3-16-10-18-15(12-7-5-4-6-8-12)20-14(16)11(2)13(17)9-19-16/h3-8,11,13-15,17H,1,9-10H2,2H3/t11-,13+,14+,15-,16-/m1/s1. The van der Waals surface area contributed by atoms with Crippen LogP contribution >= 0.6 is 0 Å². The first-order chi connectivity index (χ1) is 9.66. The average molecular weight is 276 g/mol. The topological polar surface area (TPSA) is 47.9 Å². The fraction of sp³-hybridized carbons (Fsp3) is 0.500. The van der Waals surface area contributed by atoms with Gasteiger partial charge in [-0.2, -0.15) is 0 Å². The molecule has 0 saturated carbocycles. The number of rotatable bonds is 2. The van der Waals surface area contributed by atoms with E-state index in [2.05, 4.69) is 6.58 Å². The summed E-state index contributed by atoms with van der Waals surface area (Å²) >= 11 is 0. The maximum absolute atomic E-state index is 10.0. The van der Waals surface area contributed by atoms with Crippen LogP contribution in [-0.4, -0.2) is 36.1 Å². The first-order valence-electron chi connectivity index (χ1n) is 6.94. The Hall–Kier alpha value is -1.20. The molecule has 20 heavy (non-hydrogen) atoms. The molecule has 0 amide bonds.